The molecule has 0 saturated carbocycles. The first-order valence-electron chi connectivity index (χ1n) is 5.57. The minimum Gasteiger partial charge on any atom is -0.467 e. The van der Waals surface area contributed by atoms with Gasteiger partial charge in [0.2, 0.25) is 0 Å². The van der Waals surface area contributed by atoms with Crippen LogP contribution in [0.5, 0.6) is 0 Å². The number of methoxy groups -OCH3 is 1. The van der Waals surface area contributed by atoms with Crippen LogP contribution in [-0.4, -0.2) is 17.6 Å². The number of anilines is 1. The maximum atomic E-state index is 11.8. The molecule has 1 aromatic carbocycles. The van der Waals surface area contributed by atoms with Gasteiger partial charge in [-0.1, -0.05) is 13.0 Å². The van der Waals surface area contributed by atoms with Crippen LogP contribution in [0.3, 0.4) is 0 Å². The molecule has 0 aliphatic rings. The van der Waals surface area contributed by atoms with Crippen LogP contribution in [0.25, 0.3) is 11.1 Å². The highest BCUT2D eigenvalue weighted by Gasteiger charge is 2.25. The second-order valence-corrected chi connectivity index (χ2v) is 3.88. The van der Waals surface area contributed by atoms with Crippen molar-refractivity contribution in [1.82, 2.24) is 4.57 Å². The summed E-state index contributed by atoms with van der Waals surface area (Å²) < 4.78 is 11.0. The fraction of sp³-hybridized carbons (Fsp3) is 0.333. The molecule has 96 valence electrons. The Kier molecular flexibility index (Phi) is 3.10. The van der Waals surface area contributed by atoms with Crippen molar-refractivity contribution in [2.24, 2.45) is 0 Å². The summed E-state index contributed by atoms with van der Waals surface area (Å²) in [4.78, 5) is 23.5. The fourth-order valence-corrected chi connectivity index (χ4v) is 1.99. The molecule has 0 aliphatic carbocycles. The number of benzene rings is 1. The van der Waals surface area contributed by atoms with Crippen LogP contribution in [-0.2, 0) is 9.53 Å². The topological polar surface area (TPSA) is 87.5 Å². The molecular weight excluding hydrogens is 236 g/mol. The molecule has 2 rings (SSSR count). The highest BCUT2D eigenvalue weighted by atomic mass is 16.5. The van der Waals surface area contributed by atoms with Gasteiger partial charge in [0, 0.05) is 0 Å². The summed E-state index contributed by atoms with van der Waals surface area (Å²) in [6.07, 6.45) is 0.412. The molecule has 0 fully saturated rings. The smallest absolute Gasteiger partial charge is 0.420 e. The van der Waals surface area contributed by atoms with E-state index in [9.17, 15) is 9.59 Å². The average molecular weight is 250 g/mol. The fourth-order valence-electron chi connectivity index (χ4n) is 1.99. The van der Waals surface area contributed by atoms with Gasteiger partial charge in [-0.15, -0.1) is 0 Å². The minimum atomic E-state index is -0.728. The third kappa shape index (κ3) is 1.75. The van der Waals surface area contributed by atoms with Gasteiger partial charge in [0.25, 0.3) is 0 Å². The third-order valence-electron chi connectivity index (χ3n) is 2.84. The largest absolute Gasteiger partial charge is 0.467 e. The van der Waals surface area contributed by atoms with E-state index in [1.54, 1.807) is 25.1 Å². The molecule has 0 bridgehead atoms. The zero-order chi connectivity index (χ0) is 13.3. The van der Waals surface area contributed by atoms with Crippen LogP contribution < -0.4 is 11.5 Å². The number of rotatable bonds is 3. The monoisotopic (exact) mass is 250 g/mol. The van der Waals surface area contributed by atoms with Crippen LogP contribution in [0.1, 0.15) is 19.4 Å². The Morgan fingerprint density at radius 1 is 1.56 bits per heavy atom. The van der Waals surface area contributed by atoms with Crippen molar-refractivity contribution in [3.05, 3.63) is 28.7 Å². The van der Waals surface area contributed by atoms with Gasteiger partial charge in [0.1, 0.15) is 11.6 Å². The van der Waals surface area contributed by atoms with Gasteiger partial charge in [0.15, 0.2) is 5.58 Å². The molecule has 1 atom stereocenters. The van der Waals surface area contributed by atoms with Gasteiger partial charge in [-0.25, -0.2) is 9.59 Å². The molecule has 0 saturated heterocycles. The summed E-state index contributed by atoms with van der Waals surface area (Å²) in [6.45, 7) is 1.78. The van der Waals surface area contributed by atoms with E-state index in [2.05, 4.69) is 4.74 Å². The van der Waals surface area contributed by atoms with E-state index in [0.717, 1.165) is 0 Å². The lowest BCUT2D eigenvalue weighted by molar-refractivity contribution is -0.144. The van der Waals surface area contributed by atoms with E-state index < -0.39 is 17.8 Å². The first kappa shape index (κ1) is 12.2. The molecule has 2 aromatic rings. The van der Waals surface area contributed by atoms with E-state index in [1.807, 2.05) is 0 Å². The summed E-state index contributed by atoms with van der Waals surface area (Å²) >= 11 is 0. The minimum absolute atomic E-state index is 0.363. The summed E-state index contributed by atoms with van der Waals surface area (Å²) in [5.74, 6) is -1.11. The number of carbonyl (C=O) groups excluding carboxylic acids is 1. The highest BCUT2D eigenvalue weighted by molar-refractivity contribution is 5.87. The van der Waals surface area contributed by atoms with Crippen molar-refractivity contribution in [3.63, 3.8) is 0 Å². The maximum absolute atomic E-state index is 11.8. The van der Waals surface area contributed by atoms with Crippen LogP contribution in [0, 0.1) is 0 Å². The van der Waals surface area contributed by atoms with Gasteiger partial charge < -0.3 is 14.9 Å². The number of nitrogen functional groups attached to an aromatic ring is 1. The molecule has 0 spiro atoms. The number of para-hydroxylation sites is 1. The molecule has 1 unspecified atom stereocenters. The zero-order valence-electron chi connectivity index (χ0n) is 10.2. The molecule has 0 amide bonds. The molecule has 6 nitrogen and oxygen atoms in total. The Hall–Kier alpha value is -2.24. The van der Waals surface area contributed by atoms with Crippen LogP contribution in [0.4, 0.5) is 5.69 Å². The summed E-state index contributed by atoms with van der Waals surface area (Å²) in [5, 5.41) is 0. The molecule has 6 heteroatoms. The summed E-state index contributed by atoms with van der Waals surface area (Å²) in [6, 6.07) is 4.24. The first-order valence-corrected chi connectivity index (χ1v) is 5.57. The number of oxazole rings is 1. The van der Waals surface area contributed by atoms with Gasteiger partial charge in [0.05, 0.1) is 12.8 Å². The number of hydrogen-bond donors (Lipinski definition) is 1. The van der Waals surface area contributed by atoms with Crippen molar-refractivity contribution >= 4 is 22.8 Å². The van der Waals surface area contributed by atoms with E-state index >= 15 is 0 Å². The Labute approximate surface area is 103 Å². The van der Waals surface area contributed by atoms with E-state index in [-0.39, 0.29) is 0 Å². The lowest BCUT2D eigenvalue weighted by Gasteiger charge is -2.13. The molecule has 1 aromatic heterocycles. The van der Waals surface area contributed by atoms with Crippen molar-refractivity contribution in [2.45, 2.75) is 19.4 Å². The van der Waals surface area contributed by atoms with Crippen molar-refractivity contribution in [2.75, 3.05) is 12.8 Å². The van der Waals surface area contributed by atoms with Crippen LogP contribution >= 0.6 is 0 Å². The molecule has 2 N–H and O–H groups in total. The summed E-state index contributed by atoms with van der Waals surface area (Å²) in [7, 11) is 1.28. The number of esters is 1. The Morgan fingerprint density at radius 3 is 2.89 bits per heavy atom. The number of nitrogens with zero attached hydrogens (tertiary/aromatic N) is 1. The van der Waals surface area contributed by atoms with E-state index in [1.165, 1.54) is 11.7 Å². The first-order chi connectivity index (χ1) is 8.60. The van der Waals surface area contributed by atoms with Crippen molar-refractivity contribution in [1.29, 1.82) is 0 Å². The van der Waals surface area contributed by atoms with Crippen LogP contribution in [0.15, 0.2) is 27.4 Å². The lowest BCUT2D eigenvalue weighted by atomic mass is 10.2. The predicted octanol–water partition coefficient (Wildman–Crippen LogP) is 1.30. The Bertz CT molecular complexity index is 641. The van der Waals surface area contributed by atoms with Crippen LogP contribution in [0.2, 0.25) is 0 Å². The number of hydrogen-bond acceptors (Lipinski definition) is 5. The lowest BCUT2D eigenvalue weighted by Crippen LogP contribution is -2.27. The van der Waals surface area contributed by atoms with Crippen molar-refractivity contribution < 1.29 is 13.9 Å². The summed E-state index contributed by atoms with van der Waals surface area (Å²) in [5.41, 5.74) is 7.02. The second kappa shape index (κ2) is 4.56. The second-order valence-electron chi connectivity index (χ2n) is 3.88. The van der Waals surface area contributed by atoms with E-state index in [0.29, 0.717) is 23.2 Å². The average Bonchev–Trinajstić information content (AvgIpc) is 2.68. The molecule has 18 heavy (non-hydrogen) atoms. The van der Waals surface area contributed by atoms with Gasteiger partial charge in [-0.05, 0) is 18.6 Å². The number of fused-ring (bicyclic) bond motifs is 1. The third-order valence-corrected chi connectivity index (χ3v) is 2.84. The number of carbonyl (C=O) groups is 1. The van der Waals surface area contributed by atoms with E-state index in [4.69, 9.17) is 10.2 Å². The van der Waals surface area contributed by atoms with Gasteiger partial charge in [-0.2, -0.15) is 0 Å². The predicted molar refractivity (Wildman–Crippen MR) is 66.2 cm³/mol. The molecule has 0 radical (unpaired) electrons. The maximum Gasteiger partial charge on any atom is 0.420 e. The highest BCUT2D eigenvalue weighted by Crippen LogP contribution is 2.24. The number of nitrogens with two attached hydrogens (primary N) is 1. The van der Waals surface area contributed by atoms with Gasteiger partial charge in [-0.3, -0.25) is 4.57 Å². The Morgan fingerprint density at radius 2 is 2.28 bits per heavy atom. The Balaban J connectivity index is 2.73. The zero-order valence-corrected chi connectivity index (χ0v) is 10.2. The molecule has 1 heterocycles. The number of ether oxygens (including phenoxy) is 1. The number of aromatic nitrogens is 1. The molecule has 0 aliphatic heterocycles. The van der Waals surface area contributed by atoms with Crippen molar-refractivity contribution in [3.8, 4) is 0 Å². The standard InChI is InChI=1S/C12H14N2O4/c1-3-8(11(15)17-2)14-10-7(13)5-4-6-9(10)18-12(14)16/h4-6,8H,3,13H2,1-2H3. The SMILES string of the molecule is CCC(C(=O)OC)n1c(=O)oc2cccc(N)c21. The normalized spacial score (nSPS) is 12.6. The quantitative estimate of drug-likeness (QED) is 0.655. The molecular formula is C12H14N2O4. The van der Waals surface area contributed by atoms with Gasteiger partial charge >= 0.3 is 11.7 Å².